The van der Waals surface area contributed by atoms with Crippen LogP contribution in [0.25, 0.3) is 0 Å². The second-order valence-electron chi connectivity index (χ2n) is 7.39. The van der Waals surface area contributed by atoms with Gasteiger partial charge in [-0.15, -0.1) is 0 Å². The summed E-state index contributed by atoms with van der Waals surface area (Å²) in [5, 5.41) is 0. The first-order valence-electron chi connectivity index (χ1n) is 10.4. The van der Waals surface area contributed by atoms with Gasteiger partial charge in [-0.1, -0.05) is 12.1 Å². The molecule has 3 rings (SSSR count). The van der Waals surface area contributed by atoms with E-state index in [0.29, 0.717) is 18.1 Å². The fraction of sp³-hybridized carbons (Fsp3) is 0.478. The minimum Gasteiger partial charge on any atom is -0.493 e. The summed E-state index contributed by atoms with van der Waals surface area (Å²) in [6.45, 7) is 9.23. The van der Waals surface area contributed by atoms with Gasteiger partial charge in [0, 0.05) is 5.56 Å². The summed E-state index contributed by atoms with van der Waals surface area (Å²) in [5.74, 6) is 3.17. The summed E-state index contributed by atoms with van der Waals surface area (Å²) in [7, 11) is 4.99. The Hall–Kier alpha value is -2.44. The fourth-order valence-electron chi connectivity index (χ4n) is 4.10. The zero-order valence-corrected chi connectivity index (χ0v) is 18.0. The largest absolute Gasteiger partial charge is 0.493 e. The normalized spacial score (nSPS) is 18.9. The average Bonchev–Trinajstić information content (AvgIpc) is 2.76. The molecule has 0 unspecified atom stereocenters. The third-order valence-corrected chi connectivity index (χ3v) is 5.60. The van der Waals surface area contributed by atoms with E-state index in [2.05, 4.69) is 24.3 Å². The first-order valence-corrected chi connectivity index (χ1v) is 10.4. The van der Waals surface area contributed by atoms with Crippen LogP contribution in [0.4, 0.5) is 0 Å². The van der Waals surface area contributed by atoms with Gasteiger partial charge in [0.25, 0.3) is 0 Å². The van der Waals surface area contributed by atoms with Crippen molar-refractivity contribution < 1.29 is 28.7 Å². The van der Waals surface area contributed by atoms with Crippen molar-refractivity contribution >= 4 is 0 Å². The van der Waals surface area contributed by atoms with E-state index in [-0.39, 0.29) is 0 Å². The molecule has 1 saturated heterocycles. The van der Waals surface area contributed by atoms with Crippen LogP contribution in [0.1, 0.15) is 18.1 Å². The van der Waals surface area contributed by atoms with Crippen LogP contribution >= 0.6 is 0 Å². The molecule has 29 heavy (non-hydrogen) atoms. The zero-order chi connectivity index (χ0) is 20.6. The number of para-hydroxylation sites is 1. The summed E-state index contributed by atoms with van der Waals surface area (Å²) in [6.07, 6.45) is 0. The van der Waals surface area contributed by atoms with Crippen molar-refractivity contribution in [3.8, 4) is 23.0 Å². The second-order valence-corrected chi connectivity index (χ2v) is 7.39. The van der Waals surface area contributed by atoms with Crippen LogP contribution in [0, 0.1) is 0 Å². The molecular formula is C23H34N2O4+2. The maximum absolute atomic E-state index is 5.79. The molecule has 1 aliphatic heterocycles. The van der Waals surface area contributed by atoms with Crippen LogP contribution in [0.2, 0.25) is 0 Å². The van der Waals surface area contributed by atoms with Crippen molar-refractivity contribution in [3.63, 3.8) is 0 Å². The van der Waals surface area contributed by atoms with Gasteiger partial charge in [-0.3, -0.25) is 0 Å². The lowest BCUT2D eigenvalue weighted by Gasteiger charge is -2.30. The molecule has 158 valence electrons. The van der Waals surface area contributed by atoms with Gasteiger partial charge in [-0.05, 0) is 31.2 Å². The van der Waals surface area contributed by atoms with E-state index in [9.17, 15) is 0 Å². The molecule has 0 saturated carbocycles. The molecule has 6 heteroatoms. The molecule has 2 aromatic carbocycles. The molecule has 2 N–H and O–H groups in total. The van der Waals surface area contributed by atoms with Crippen LogP contribution < -0.4 is 28.7 Å². The average molecular weight is 403 g/mol. The van der Waals surface area contributed by atoms with E-state index in [1.165, 1.54) is 5.56 Å². The Morgan fingerprint density at radius 3 is 1.90 bits per heavy atom. The first-order chi connectivity index (χ1) is 14.2. The van der Waals surface area contributed by atoms with Crippen LogP contribution in [0.15, 0.2) is 36.4 Å². The van der Waals surface area contributed by atoms with Gasteiger partial charge in [-0.25, -0.2) is 0 Å². The van der Waals surface area contributed by atoms with E-state index in [1.807, 2.05) is 19.1 Å². The molecule has 0 atom stereocenters. The van der Waals surface area contributed by atoms with Gasteiger partial charge < -0.3 is 28.7 Å². The Kier molecular flexibility index (Phi) is 7.61. The summed E-state index contributed by atoms with van der Waals surface area (Å²) in [4.78, 5) is 3.18. The second kappa shape index (κ2) is 10.4. The van der Waals surface area contributed by atoms with Crippen molar-refractivity contribution in [2.24, 2.45) is 0 Å². The topological polar surface area (TPSA) is 45.8 Å². The van der Waals surface area contributed by atoms with Crippen molar-refractivity contribution in [1.29, 1.82) is 0 Å². The number of rotatable bonds is 9. The van der Waals surface area contributed by atoms with Crippen molar-refractivity contribution in [3.05, 3.63) is 47.5 Å². The van der Waals surface area contributed by atoms with E-state index >= 15 is 0 Å². The number of nitrogens with one attached hydrogen (secondary N) is 2. The highest BCUT2D eigenvalue weighted by atomic mass is 16.5. The number of hydrogen-bond donors (Lipinski definition) is 2. The Morgan fingerprint density at radius 2 is 1.31 bits per heavy atom. The third kappa shape index (κ3) is 5.14. The smallest absolute Gasteiger partial charge is 0.203 e. The molecule has 6 nitrogen and oxygen atoms in total. The summed E-state index contributed by atoms with van der Waals surface area (Å²) in [5.41, 5.74) is 2.46. The number of benzene rings is 2. The lowest BCUT2D eigenvalue weighted by Crippen LogP contribution is -3.27. The summed E-state index contributed by atoms with van der Waals surface area (Å²) < 4.78 is 22.4. The number of methoxy groups -OCH3 is 3. The van der Waals surface area contributed by atoms with Crippen LogP contribution in [0.3, 0.4) is 0 Å². The molecule has 0 radical (unpaired) electrons. The van der Waals surface area contributed by atoms with Crippen LogP contribution in [-0.2, 0) is 13.1 Å². The minimum absolute atomic E-state index is 0.670. The molecule has 0 bridgehead atoms. The molecule has 2 aromatic rings. The SMILES string of the molecule is CCOc1ccccc1C[NH+]1CC[NH+](Cc2ccc(OC)c(OC)c2OC)CC1. The quantitative estimate of drug-likeness (QED) is 0.645. The highest BCUT2D eigenvalue weighted by Crippen LogP contribution is 2.39. The highest BCUT2D eigenvalue weighted by Gasteiger charge is 2.26. The van der Waals surface area contributed by atoms with E-state index < -0.39 is 0 Å². The van der Waals surface area contributed by atoms with Gasteiger partial charge in [0.05, 0.1) is 33.5 Å². The monoisotopic (exact) mass is 402 g/mol. The van der Waals surface area contributed by atoms with Crippen LogP contribution in [0.5, 0.6) is 23.0 Å². The number of hydrogen-bond acceptors (Lipinski definition) is 4. The van der Waals surface area contributed by atoms with Gasteiger partial charge in [0.15, 0.2) is 11.5 Å². The van der Waals surface area contributed by atoms with E-state index in [0.717, 1.165) is 56.3 Å². The van der Waals surface area contributed by atoms with E-state index in [1.54, 1.807) is 31.1 Å². The van der Waals surface area contributed by atoms with Crippen molar-refractivity contribution in [2.45, 2.75) is 20.0 Å². The Balaban J connectivity index is 1.61. The molecular weight excluding hydrogens is 368 g/mol. The maximum atomic E-state index is 5.79. The first kappa shape index (κ1) is 21.3. The minimum atomic E-state index is 0.670. The molecule has 1 fully saturated rings. The van der Waals surface area contributed by atoms with Gasteiger partial charge in [-0.2, -0.15) is 0 Å². The van der Waals surface area contributed by atoms with Crippen molar-refractivity contribution in [1.82, 2.24) is 0 Å². The Bertz CT molecular complexity index is 788. The number of piperazine rings is 1. The van der Waals surface area contributed by atoms with E-state index in [4.69, 9.17) is 18.9 Å². The Labute approximate surface area is 173 Å². The summed E-state index contributed by atoms with van der Waals surface area (Å²) in [6, 6.07) is 12.5. The number of quaternary nitrogens is 2. The molecule has 0 aromatic heterocycles. The lowest BCUT2D eigenvalue weighted by atomic mass is 10.1. The predicted octanol–water partition coefficient (Wildman–Crippen LogP) is 0.595. The standard InChI is InChI=1S/C23H32N2O4/c1-5-29-20-9-7-6-8-18(20)16-24-12-14-25(15-13-24)17-19-10-11-21(26-2)23(28-4)22(19)27-3/h6-11H,5,12-17H2,1-4H3/p+2. The molecule has 1 aliphatic rings. The zero-order valence-electron chi connectivity index (χ0n) is 18.0. The molecule has 1 heterocycles. The van der Waals surface area contributed by atoms with Gasteiger partial charge in [0.1, 0.15) is 45.0 Å². The maximum Gasteiger partial charge on any atom is 0.203 e. The van der Waals surface area contributed by atoms with Gasteiger partial charge >= 0.3 is 0 Å². The Morgan fingerprint density at radius 1 is 0.690 bits per heavy atom. The molecule has 0 spiro atoms. The number of ether oxygens (including phenoxy) is 4. The fourth-order valence-corrected chi connectivity index (χ4v) is 4.10. The van der Waals surface area contributed by atoms with Crippen LogP contribution in [-0.4, -0.2) is 54.1 Å². The predicted molar refractivity (Wildman–Crippen MR) is 113 cm³/mol. The van der Waals surface area contributed by atoms with Gasteiger partial charge in [0.2, 0.25) is 5.75 Å². The molecule has 0 amide bonds. The lowest BCUT2D eigenvalue weighted by molar-refractivity contribution is -1.02. The molecule has 0 aliphatic carbocycles. The van der Waals surface area contributed by atoms with Crippen molar-refractivity contribution in [2.75, 3.05) is 54.1 Å². The third-order valence-electron chi connectivity index (χ3n) is 5.60. The highest BCUT2D eigenvalue weighted by molar-refractivity contribution is 5.55. The summed E-state index contributed by atoms with van der Waals surface area (Å²) >= 11 is 0.